The average molecular weight is 436 g/mol. The fourth-order valence-corrected chi connectivity index (χ4v) is 5.63. The zero-order valence-corrected chi connectivity index (χ0v) is 19.3. The SMILES string of the molecule is Cc1ccc(-c2ccc3c(c2)c2ccc4c(c2n3-c2cccc3ccccc23)CCC=C4)cc1. The number of nitrogens with zero attached hydrogens (tertiary/aromatic N) is 1. The molecule has 34 heavy (non-hydrogen) atoms. The van der Waals surface area contributed by atoms with E-state index in [-0.39, 0.29) is 0 Å². The van der Waals surface area contributed by atoms with Crippen LogP contribution in [0.2, 0.25) is 0 Å². The highest BCUT2D eigenvalue weighted by molar-refractivity contribution is 6.13. The summed E-state index contributed by atoms with van der Waals surface area (Å²) in [6.07, 6.45) is 6.77. The summed E-state index contributed by atoms with van der Waals surface area (Å²) >= 11 is 0. The van der Waals surface area contributed by atoms with E-state index >= 15 is 0 Å². The number of fused-ring (bicyclic) bond motifs is 6. The first-order valence-corrected chi connectivity index (χ1v) is 12.1. The molecule has 0 N–H and O–H groups in total. The van der Waals surface area contributed by atoms with Crippen LogP contribution < -0.4 is 0 Å². The number of allylic oxidation sites excluding steroid dienone is 1. The molecule has 1 aliphatic carbocycles. The van der Waals surface area contributed by atoms with Gasteiger partial charge in [0.25, 0.3) is 0 Å². The van der Waals surface area contributed by atoms with Gasteiger partial charge in [0.2, 0.25) is 0 Å². The van der Waals surface area contributed by atoms with Crippen molar-refractivity contribution in [3.05, 3.63) is 120 Å². The maximum Gasteiger partial charge on any atom is 0.0579 e. The molecule has 6 aromatic rings. The molecular weight excluding hydrogens is 410 g/mol. The zero-order valence-electron chi connectivity index (χ0n) is 19.3. The van der Waals surface area contributed by atoms with Gasteiger partial charge >= 0.3 is 0 Å². The van der Waals surface area contributed by atoms with Gasteiger partial charge in [0.05, 0.1) is 16.7 Å². The van der Waals surface area contributed by atoms with E-state index in [1.807, 2.05) is 0 Å². The highest BCUT2D eigenvalue weighted by Gasteiger charge is 2.20. The largest absolute Gasteiger partial charge is 0.308 e. The normalized spacial score (nSPS) is 13.1. The minimum atomic E-state index is 1.08. The highest BCUT2D eigenvalue weighted by atomic mass is 15.0. The standard InChI is InChI=1S/C33H25N/c1-22-13-15-23(16-14-22)26-18-20-32-30(21-26)29-19-17-25-8-3-5-11-28(25)33(29)34(32)31-12-6-9-24-7-2-4-10-27(24)31/h2-4,6-10,12-21H,5,11H2,1H3. The fourth-order valence-electron chi connectivity index (χ4n) is 5.63. The Hall–Kier alpha value is -4.10. The molecule has 0 fully saturated rings. The van der Waals surface area contributed by atoms with E-state index < -0.39 is 0 Å². The third-order valence-corrected chi connectivity index (χ3v) is 7.32. The van der Waals surface area contributed by atoms with Gasteiger partial charge in [-0.25, -0.2) is 0 Å². The van der Waals surface area contributed by atoms with Crippen molar-refractivity contribution < 1.29 is 0 Å². The number of benzene rings is 5. The van der Waals surface area contributed by atoms with Crippen molar-refractivity contribution >= 4 is 38.7 Å². The summed E-state index contributed by atoms with van der Waals surface area (Å²) in [5.74, 6) is 0. The summed E-state index contributed by atoms with van der Waals surface area (Å²) in [7, 11) is 0. The van der Waals surface area contributed by atoms with Crippen LogP contribution in [0.1, 0.15) is 23.1 Å². The van der Waals surface area contributed by atoms with Gasteiger partial charge in [-0.15, -0.1) is 0 Å². The van der Waals surface area contributed by atoms with Crippen molar-refractivity contribution in [3.63, 3.8) is 0 Å². The Kier molecular flexibility index (Phi) is 4.25. The predicted octanol–water partition coefficient (Wildman–Crippen LogP) is 8.87. The highest BCUT2D eigenvalue weighted by Crippen LogP contribution is 2.40. The fraction of sp³-hybridized carbons (Fsp3) is 0.0909. The van der Waals surface area contributed by atoms with Crippen LogP contribution in [-0.2, 0) is 6.42 Å². The quantitative estimate of drug-likeness (QED) is 0.256. The molecule has 1 aliphatic rings. The van der Waals surface area contributed by atoms with Crippen LogP contribution in [0, 0.1) is 6.92 Å². The average Bonchev–Trinajstić information content (AvgIpc) is 3.23. The molecule has 7 rings (SSSR count). The number of aryl methyl sites for hydroxylation is 2. The summed E-state index contributed by atoms with van der Waals surface area (Å²) in [6, 6.07) is 35.9. The van der Waals surface area contributed by atoms with Gasteiger partial charge < -0.3 is 4.57 Å². The van der Waals surface area contributed by atoms with Crippen LogP contribution in [-0.4, -0.2) is 4.57 Å². The Morgan fingerprint density at radius 1 is 0.676 bits per heavy atom. The molecule has 1 nitrogen and oxygen atoms in total. The predicted molar refractivity (Wildman–Crippen MR) is 146 cm³/mol. The third-order valence-electron chi connectivity index (χ3n) is 7.32. The van der Waals surface area contributed by atoms with Crippen LogP contribution in [0.15, 0.2) is 103 Å². The maximum absolute atomic E-state index is 2.52. The van der Waals surface area contributed by atoms with Gasteiger partial charge in [-0.1, -0.05) is 96.6 Å². The smallest absolute Gasteiger partial charge is 0.0579 e. The maximum atomic E-state index is 2.52. The molecule has 1 heterocycles. The van der Waals surface area contributed by atoms with Crippen molar-refractivity contribution in [1.82, 2.24) is 4.57 Å². The Labute approximate surface area is 199 Å². The van der Waals surface area contributed by atoms with E-state index in [0.717, 1.165) is 12.8 Å². The first kappa shape index (κ1) is 19.4. The van der Waals surface area contributed by atoms with Gasteiger partial charge in [0.1, 0.15) is 0 Å². The van der Waals surface area contributed by atoms with Gasteiger partial charge in [-0.3, -0.25) is 0 Å². The van der Waals surface area contributed by atoms with Crippen LogP contribution in [0.3, 0.4) is 0 Å². The first-order chi connectivity index (χ1) is 16.8. The summed E-state index contributed by atoms with van der Waals surface area (Å²) in [5, 5.41) is 5.22. The Morgan fingerprint density at radius 3 is 2.41 bits per heavy atom. The summed E-state index contributed by atoms with van der Waals surface area (Å²) < 4.78 is 2.52. The second-order valence-electron chi connectivity index (χ2n) is 9.40. The number of hydrogen-bond acceptors (Lipinski definition) is 0. The lowest BCUT2D eigenvalue weighted by atomic mass is 9.94. The van der Waals surface area contributed by atoms with Crippen LogP contribution in [0.4, 0.5) is 0 Å². The number of hydrogen-bond donors (Lipinski definition) is 0. The Morgan fingerprint density at radius 2 is 1.50 bits per heavy atom. The molecule has 0 bridgehead atoms. The van der Waals surface area contributed by atoms with Gasteiger partial charge in [0.15, 0.2) is 0 Å². The molecule has 1 aromatic heterocycles. The number of aromatic nitrogens is 1. The summed E-state index contributed by atoms with van der Waals surface area (Å²) in [5.41, 5.74) is 10.5. The van der Waals surface area contributed by atoms with Crippen LogP contribution >= 0.6 is 0 Å². The monoisotopic (exact) mass is 435 g/mol. The minimum absolute atomic E-state index is 1.08. The Balaban J connectivity index is 1.61. The second-order valence-corrected chi connectivity index (χ2v) is 9.40. The molecule has 1 heteroatoms. The molecule has 0 spiro atoms. The lowest BCUT2D eigenvalue weighted by Crippen LogP contribution is -2.01. The number of rotatable bonds is 2. The van der Waals surface area contributed by atoms with Gasteiger partial charge in [-0.05, 0) is 65.6 Å². The summed E-state index contributed by atoms with van der Waals surface area (Å²) in [4.78, 5) is 0. The van der Waals surface area contributed by atoms with Crippen molar-refractivity contribution in [1.29, 1.82) is 0 Å². The molecule has 162 valence electrons. The van der Waals surface area contributed by atoms with Crippen LogP contribution in [0.25, 0.3) is 55.5 Å². The third kappa shape index (κ3) is 2.87. The second kappa shape index (κ2) is 7.46. The molecule has 5 aromatic carbocycles. The van der Waals surface area contributed by atoms with E-state index in [9.17, 15) is 0 Å². The molecule has 0 saturated heterocycles. The van der Waals surface area contributed by atoms with Crippen molar-refractivity contribution in [2.45, 2.75) is 19.8 Å². The van der Waals surface area contributed by atoms with Crippen molar-refractivity contribution in [3.8, 4) is 16.8 Å². The summed E-state index contributed by atoms with van der Waals surface area (Å²) in [6.45, 7) is 2.14. The Bertz CT molecular complexity index is 1740. The van der Waals surface area contributed by atoms with Gasteiger partial charge in [0, 0.05) is 16.2 Å². The topological polar surface area (TPSA) is 4.93 Å². The minimum Gasteiger partial charge on any atom is -0.308 e. The molecule has 0 amide bonds. The molecule has 0 radical (unpaired) electrons. The van der Waals surface area contributed by atoms with Gasteiger partial charge in [-0.2, -0.15) is 0 Å². The lowest BCUT2D eigenvalue weighted by Gasteiger charge is -2.17. The van der Waals surface area contributed by atoms with Crippen LogP contribution in [0.5, 0.6) is 0 Å². The van der Waals surface area contributed by atoms with E-state index in [1.54, 1.807) is 0 Å². The first-order valence-electron chi connectivity index (χ1n) is 12.1. The van der Waals surface area contributed by atoms with E-state index in [4.69, 9.17) is 0 Å². The molecule has 0 aliphatic heterocycles. The molecule has 0 atom stereocenters. The molecule has 0 unspecified atom stereocenters. The van der Waals surface area contributed by atoms with Crippen molar-refractivity contribution in [2.24, 2.45) is 0 Å². The molecular formula is C33H25N. The van der Waals surface area contributed by atoms with E-state index in [2.05, 4.69) is 121 Å². The molecule has 0 saturated carbocycles. The zero-order chi connectivity index (χ0) is 22.6. The van der Waals surface area contributed by atoms with E-state index in [0.29, 0.717) is 0 Å². The van der Waals surface area contributed by atoms with E-state index in [1.165, 1.54) is 66.1 Å². The van der Waals surface area contributed by atoms with Crippen molar-refractivity contribution in [2.75, 3.05) is 0 Å². The lowest BCUT2D eigenvalue weighted by molar-refractivity contribution is 0.985.